The summed E-state index contributed by atoms with van der Waals surface area (Å²) >= 11 is 2.50. The van der Waals surface area contributed by atoms with Crippen LogP contribution in [-0.4, -0.2) is 77.0 Å². The lowest BCUT2D eigenvalue weighted by Gasteiger charge is -2.35. The van der Waals surface area contributed by atoms with Gasteiger partial charge in [0.1, 0.15) is 12.7 Å². The highest BCUT2D eigenvalue weighted by molar-refractivity contribution is 8.00. The standard InChI is InChI=1S/C18H34N4O4S2/c1-16(2,3)19-8-11(24)10-26-14-15(21-28-20-14)27-13-12(9-23)17(4,5)22(25)18(13,6)7/h11-13,19,23-25H,8-10H2,1-7H3. The number of rotatable bonds is 8. The van der Waals surface area contributed by atoms with E-state index < -0.39 is 17.2 Å². The van der Waals surface area contributed by atoms with Crippen molar-refractivity contribution in [3.8, 4) is 5.88 Å². The summed E-state index contributed by atoms with van der Waals surface area (Å²) in [7, 11) is 0. The van der Waals surface area contributed by atoms with Crippen LogP contribution in [0.15, 0.2) is 5.03 Å². The van der Waals surface area contributed by atoms with Gasteiger partial charge in [-0.05, 0) is 48.5 Å². The fourth-order valence-corrected chi connectivity index (χ4v) is 5.69. The maximum absolute atomic E-state index is 10.7. The molecule has 2 heterocycles. The lowest BCUT2D eigenvalue weighted by Crippen LogP contribution is -2.48. The maximum Gasteiger partial charge on any atom is 0.260 e. The molecule has 1 aliphatic rings. The summed E-state index contributed by atoms with van der Waals surface area (Å²) in [5.74, 6) is 0.222. The normalized spacial score (nSPS) is 25.8. The number of thioether (sulfide) groups is 1. The fourth-order valence-electron chi connectivity index (χ4n) is 3.54. The van der Waals surface area contributed by atoms with Gasteiger partial charge in [-0.15, -0.1) is 4.37 Å². The van der Waals surface area contributed by atoms with Gasteiger partial charge in [0.15, 0.2) is 5.03 Å². The van der Waals surface area contributed by atoms with Gasteiger partial charge in [0.05, 0.1) is 17.3 Å². The average Bonchev–Trinajstić information content (AvgIpc) is 3.07. The lowest BCUT2D eigenvalue weighted by atomic mass is 9.87. The summed E-state index contributed by atoms with van der Waals surface area (Å²) in [5.41, 5.74) is -1.23. The molecule has 10 heteroatoms. The first-order valence-electron chi connectivity index (χ1n) is 9.46. The molecule has 1 aromatic heterocycles. The van der Waals surface area contributed by atoms with E-state index in [1.807, 2.05) is 48.5 Å². The zero-order valence-electron chi connectivity index (χ0n) is 17.8. The van der Waals surface area contributed by atoms with Crippen LogP contribution in [0.1, 0.15) is 48.5 Å². The first-order chi connectivity index (χ1) is 12.8. The molecule has 3 atom stereocenters. The fraction of sp³-hybridized carbons (Fsp3) is 0.889. The van der Waals surface area contributed by atoms with Crippen molar-refractivity contribution in [1.82, 2.24) is 19.1 Å². The van der Waals surface area contributed by atoms with Gasteiger partial charge in [-0.1, -0.05) is 11.8 Å². The molecule has 1 aliphatic heterocycles. The first kappa shape index (κ1) is 23.8. The van der Waals surface area contributed by atoms with E-state index in [4.69, 9.17) is 4.74 Å². The molecule has 0 saturated carbocycles. The van der Waals surface area contributed by atoms with Gasteiger partial charge in [-0.3, -0.25) is 0 Å². The Labute approximate surface area is 176 Å². The molecule has 1 fully saturated rings. The lowest BCUT2D eigenvalue weighted by molar-refractivity contribution is -0.197. The van der Waals surface area contributed by atoms with E-state index >= 15 is 0 Å². The van der Waals surface area contributed by atoms with Gasteiger partial charge >= 0.3 is 0 Å². The summed E-state index contributed by atoms with van der Waals surface area (Å²) in [6.45, 7) is 14.3. The molecule has 1 saturated heterocycles. The molecule has 162 valence electrons. The Bertz CT molecular complexity index is 648. The van der Waals surface area contributed by atoms with Gasteiger partial charge in [-0.2, -0.15) is 9.44 Å². The summed E-state index contributed by atoms with van der Waals surface area (Å²) in [6, 6.07) is 0. The molecule has 4 N–H and O–H groups in total. The van der Waals surface area contributed by atoms with Crippen LogP contribution in [0.25, 0.3) is 0 Å². The van der Waals surface area contributed by atoms with Crippen molar-refractivity contribution in [3.05, 3.63) is 0 Å². The zero-order chi connectivity index (χ0) is 21.3. The third-order valence-electron chi connectivity index (χ3n) is 5.21. The van der Waals surface area contributed by atoms with Crippen molar-refractivity contribution >= 4 is 23.5 Å². The Kier molecular flexibility index (Phi) is 7.40. The highest BCUT2D eigenvalue weighted by atomic mass is 32.2. The summed E-state index contributed by atoms with van der Waals surface area (Å²) in [6.07, 6.45) is -0.668. The minimum atomic E-state index is -0.668. The molecule has 0 spiro atoms. The van der Waals surface area contributed by atoms with Crippen molar-refractivity contribution < 1.29 is 20.2 Å². The van der Waals surface area contributed by atoms with E-state index in [9.17, 15) is 15.4 Å². The highest BCUT2D eigenvalue weighted by Gasteiger charge is 2.58. The smallest absolute Gasteiger partial charge is 0.260 e. The predicted octanol–water partition coefficient (Wildman–Crippen LogP) is 2.00. The highest BCUT2D eigenvalue weighted by Crippen LogP contribution is 2.51. The number of hydrogen-bond donors (Lipinski definition) is 4. The third kappa shape index (κ3) is 5.16. The van der Waals surface area contributed by atoms with Crippen LogP contribution in [0, 0.1) is 5.92 Å². The molecular formula is C18H34N4O4S2. The van der Waals surface area contributed by atoms with Gasteiger partial charge in [0, 0.05) is 35.4 Å². The quantitative estimate of drug-likeness (QED) is 0.488. The van der Waals surface area contributed by atoms with Crippen LogP contribution < -0.4 is 10.1 Å². The van der Waals surface area contributed by atoms with E-state index in [-0.39, 0.29) is 29.9 Å². The Hall–Kier alpha value is -0.490. The van der Waals surface area contributed by atoms with Crippen LogP contribution in [-0.2, 0) is 0 Å². The minimum Gasteiger partial charge on any atom is -0.472 e. The van der Waals surface area contributed by atoms with Crippen molar-refractivity contribution in [2.75, 3.05) is 19.8 Å². The van der Waals surface area contributed by atoms with Crippen molar-refractivity contribution in [1.29, 1.82) is 0 Å². The number of aliphatic hydroxyl groups excluding tert-OH is 2. The van der Waals surface area contributed by atoms with Crippen LogP contribution in [0.3, 0.4) is 0 Å². The summed E-state index contributed by atoms with van der Waals surface area (Å²) < 4.78 is 14.3. The maximum atomic E-state index is 10.7. The number of hydrogen-bond acceptors (Lipinski definition) is 10. The monoisotopic (exact) mass is 434 g/mol. The third-order valence-corrected chi connectivity index (χ3v) is 7.48. The number of nitrogens with zero attached hydrogens (tertiary/aromatic N) is 3. The van der Waals surface area contributed by atoms with E-state index in [2.05, 4.69) is 14.1 Å². The van der Waals surface area contributed by atoms with Crippen molar-refractivity contribution in [3.63, 3.8) is 0 Å². The van der Waals surface area contributed by atoms with Gasteiger partial charge < -0.3 is 25.5 Å². The Morgan fingerprint density at radius 2 is 1.89 bits per heavy atom. The average molecular weight is 435 g/mol. The van der Waals surface area contributed by atoms with E-state index in [0.29, 0.717) is 17.5 Å². The van der Waals surface area contributed by atoms with Gasteiger partial charge in [0.2, 0.25) is 0 Å². The number of β-amino-alcohol motifs (C(OH)–C–C–N with tert-alkyl or cyclic N) is 1. The van der Waals surface area contributed by atoms with Crippen molar-refractivity contribution in [2.45, 2.75) is 81.5 Å². The molecule has 0 radical (unpaired) electrons. The molecule has 2 rings (SSSR count). The first-order valence-corrected chi connectivity index (χ1v) is 11.1. The molecule has 3 unspecified atom stereocenters. The van der Waals surface area contributed by atoms with Gasteiger partial charge in [-0.25, -0.2) is 0 Å². The minimum absolute atomic E-state index is 0.0455. The van der Waals surface area contributed by atoms with Gasteiger partial charge in [0.25, 0.3) is 5.88 Å². The molecule has 0 bridgehead atoms. The molecular weight excluding hydrogens is 400 g/mol. The Morgan fingerprint density at radius 3 is 2.46 bits per heavy atom. The number of ether oxygens (including phenoxy) is 1. The molecule has 28 heavy (non-hydrogen) atoms. The molecule has 0 aliphatic carbocycles. The molecule has 0 amide bonds. The Morgan fingerprint density at radius 1 is 1.25 bits per heavy atom. The number of aliphatic hydroxyl groups is 2. The topological polar surface area (TPSA) is 111 Å². The van der Waals surface area contributed by atoms with E-state index in [1.165, 1.54) is 16.8 Å². The summed E-state index contributed by atoms with van der Waals surface area (Å²) in [4.78, 5) is 0. The second-order valence-electron chi connectivity index (χ2n) is 9.42. The molecule has 8 nitrogen and oxygen atoms in total. The second kappa shape index (κ2) is 8.71. The van der Waals surface area contributed by atoms with E-state index in [1.54, 1.807) is 0 Å². The SMILES string of the molecule is CC(C)(C)NCC(O)COc1nsnc1SC1C(CO)C(C)(C)N(O)C1(C)C. The van der Waals surface area contributed by atoms with Crippen LogP contribution in [0.4, 0.5) is 0 Å². The zero-order valence-corrected chi connectivity index (χ0v) is 19.4. The van der Waals surface area contributed by atoms with E-state index in [0.717, 1.165) is 11.7 Å². The van der Waals surface area contributed by atoms with Crippen LogP contribution in [0.2, 0.25) is 0 Å². The summed E-state index contributed by atoms with van der Waals surface area (Å²) in [5, 5.41) is 35.8. The largest absolute Gasteiger partial charge is 0.472 e. The number of hydroxylamine groups is 2. The predicted molar refractivity (Wildman–Crippen MR) is 111 cm³/mol. The Balaban J connectivity index is 2.05. The van der Waals surface area contributed by atoms with Crippen molar-refractivity contribution in [2.24, 2.45) is 5.92 Å². The number of aromatic nitrogens is 2. The second-order valence-corrected chi connectivity index (χ2v) is 11.1. The number of nitrogens with one attached hydrogen (secondary N) is 1. The molecule has 0 aromatic carbocycles. The van der Waals surface area contributed by atoms with Crippen LogP contribution >= 0.6 is 23.5 Å². The van der Waals surface area contributed by atoms with Crippen LogP contribution in [0.5, 0.6) is 5.88 Å². The molecule has 1 aromatic rings.